The highest BCUT2D eigenvalue weighted by molar-refractivity contribution is 4.84. The van der Waals surface area contributed by atoms with Gasteiger partial charge in [0.2, 0.25) is 0 Å². The first-order chi connectivity index (χ1) is 6.70. The fourth-order valence-electron chi connectivity index (χ4n) is 1.33. The summed E-state index contributed by atoms with van der Waals surface area (Å²) >= 11 is 0. The highest BCUT2D eigenvalue weighted by Gasteiger charge is 2.39. The lowest BCUT2D eigenvalue weighted by atomic mass is 10.1. The van der Waals surface area contributed by atoms with E-state index in [1.165, 1.54) is 7.11 Å². The van der Waals surface area contributed by atoms with Crippen LogP contribution in [0.4, 0.5) is 0 Å². The van der Waals surface area contributed by atoms with Crippen LogP contribution in [0, 0.1) is 0 Å². The lowest BCUT2D eigenvalue weighted by Gasteiger charge is -2.36. The zero-order chi connectivity index (χ0) is 10.6. The zero-order valence-electron chi connectivity index (χ0n) is 8.13. The summed E-state index contributed by atoms with van der Waals surface area (Å²) in [4.78, 5) is 0. The van der Waals surface area contributed by atoms with E-state index < -0.39 is 24.6 Å². The SMILES string of the molecule is C=CCOC1C(OC)OCC(O)C1O. The summed E-state index contributed by atoms with van der Waals surface area (Å²) in [6.45, 7) is 3.81. The van der Waals surface area contributed by atoms with Gasteiger partial charge in [-0.15, -0.1) is 6.58 Å². The molecule has 0 amide bonds. The van der Waals surface area contributed by atoms with Crippen molar-refractivity contribution >= 4 is 0 Å². The molecule has 0 aromatic rings. The molecule has 5 heteroatoms. The molecular formula is C9H16O5. The molecule has 1 saturated heterocycles. The van der Waals surface area contributed by atoms with Crippen LogP contribution in [0.25, 0.3) is 0 Å². The van der Waals surface area contributed by atoms with Crippen LogP contribution >= 0.6 is 0 Å². The number of hydrogen-bond acceptors (Lipinski definition) is 5. The second-order valence-corrected chi connectivity index (χ2v) is 3.08. The van der Waals surface area contributed by atoms with Crippen LogP contribution in [0.2, 0.25) is 0 Å². The van der Waals surface area contributed by atoms with Crippen LogP contribution in [-0.4, -0.2) is 55.1 Å². The molecule has 0 spiro atoms. The largest absolute Gasteiger partial charge is 0.388 e. The molecule has 0 aromatic heterocycles. The predicted molar refractivity (Wildman–Crippen MR) is 48.7 cm³/mol. The van der Waals surface area contributed by atoms with E-state index in [9.17, 15) is 10.2 Å². The van der Waals surface area contributed by atoms with E-state index in [2.05, 4.69) is 6.58 Å². The maximum Gasteiger partial charge on any atom is 0.186 e. The van der Waals surface area contributed by atoms with Gasteiger partial charge in [-0.1, -0.05) is 6.08 Å². The molecule has 1 fully saturated rings. The first kappa shape index (κ1) is 11.6. The van der Waals surface area contributed by atoms with Crippen molar-refractivity contribution in [3.8, 4) is 0 Å². The first-order valence-electron chi connectivity index (χ1n) is 4.43. The number of aliphatic hydroxyl groups excluding tert-OH is 2. The maximum absolute atomic E-state index is 9.60. The third kappa shape index (κ3) is 2.52. The van der Waals surface area contributed by atoms with Gasteiger partial charge >= 0.3 is 0 Å². The third-order valence-electron chi connectivity index (χ3n) is 2.07. The summed E-state index contributed by atoms with van der Waals surface area (Å²) in [7, 11) is 1.46. The fourth-order valence-corrected chi connectivity index (χ4v) is 1.33. The van der Waals surface area contributed by atoms with E-state index in [0.717, 1.165) is 0 Å². The Kier molecular flexibility index (Phi) is 4.50. The van der Waals surface area contributed by atoms with Crippen LogP contribution in [-0.2, 0) is 14.2 Å². The van der Waals surface area contributed by atoms with E-state index in [-0.39, 0.29) is 13.2 Å². The van der Waals surface area contributed by atoms with Gasteiger partial charge in [-0.2, -0.15) is 0 Å². The lowest BCUT2D eigenvalue weighted by molar-refractivity contribution is -0.271. The Hall–Kier alpha value is -0.460. The van der Waals surface area contributed by atoms with Crippen molar-refractivity contribution in [3.63, 3.8) is 0 Å². The van der Waals surface area contributed by atoms with Gasteiger partial charge in [0, 0.05) is 7.11 Å². The summed E-state index contributed by atoms with van der Waals surface area (Å²) in [5, 5.41) is 18.9. The number of aliphatic hydroxyl groups is 2. The Labute approximate surface area is 82.9 Å². The van der Waals surface area contributed by atoms with Gasteiger partial charge in [0.15, 0.2) is 6.29 Å². The van der Waals surface area contributed by atoms with Crippen molar-refractivity contribution in [2.45, 2.75) is 24.6 Å². The Balaban J connectivity index is 2.56. The molecule has 0 aromatic carbocycles. The molecule has 14 heavy (non-hydrogen) atoms. The monoisotopic (exact) mass is 204 g/mol. The molecule has 4 unspecified atom stereocenters. The summed E-state index contributed by atoms with van der Waals surface area (Å²) < 4.78 is 15.3. The van der Waals surface area contributed by atoms with Crippen molar-refractivity contribution in [2.75, 3.05) is 20.3 Å². The van der Waals surface area contributed by atoms with Crippen molar-refractivity contribution in [2.24, 2.45) is 0 Å². The van der Waals surface area contributed by atoms with Gasteiger partial charge in [-0.3, -0.25) is 0 Å². The van der Waals surface area contributed by atoms with Crippen LogP contribution in [0.3, 0.4) is 0 Å². The lowest BCUT2D eigenvalue weighted by Crippen LogP contribution is -2.54. The van der Waals surface area contributed by atoms with Crippen molar-refractivity contribution in [1.29, 1.82) is 0 Å². The maximum atomic E-state index is 9.60. The Morgan fingerprint density at radius 1 is 1.57 bits per heavy atom. The van der Waals surface area contributed by atoms with Gasteiger partial charge in [0.05, 0.1) is 13.2 Å². The van der Waals surface area contributed by atoms with Gasteiger partial charge < -0.3 is 24.4 Å². The molecule has 1 aliphatic rings. The topological polar surface area (TPSA) is 68.2 Å². The summed E-state index contributed by atoms with van der Waals surface area (Å²) in [5.41, 5.74) is 0. The molecule has 0 saturated carbocycles. The van der Waals surface area contributed by atoms with Crippen LogP contribution < -0.4 is 0 Å². The number of hydrogen-bond donors (Lipinski definition) is 2. The number of rotatable bonds is 4. The van der Waals surface area contributed by atoms with Crippen LogP contribution in [0.5, 0.6) is 0 Å². The normalized spacial score (nSPS) is 38.2. The van der Waals surface area contributed by atoms with E-state index in [1.807, 2.05) is 0 Å². The molecule has 1 heterocycles. The van der Waals surface area contributed by atoms with Gasteiger partial charge in [0.1, 0.15) is 18.3 Å². The van der Waals surface area contributed by atoms with E-state index in [4.69, 9.17) is 14.2 Å². The second kappa shape index (κ2) is 5.43. The third-order valence-corrected chi connectivity index (χ3v) is 2.07. The zero-order valence-corrected chi connectivity index (χ0v) is 8.13. The van der Waals surface area contributed by atoms with Gasteiger partial charge in [-0.25, -0.2) is 0 Å². The molecule has 5 nitrogen and oxygen atoms in total. The first-order valence-corrected chi connectivity index (χ1v) is 4.43. The summed E-state index contributed by atoms with van der Waals surface area (Å²) in [6, 6.07) is 0. The highest BCUT2D eigenvalue weighted by atomic mass is 16.7. The highest BCUT2D eigenvalue weighted by Crippen LogP contribution is 2.19. The predicted octanol–water partition coefficient (Wildman–Crippen LogP) is -0.718. The quantitative estimate of drug-likeness (QED) is 0.592. The minimum Gasteiger partial charge on any atom is -0.388 e. The van der Waals surface area contributed by atoms with Crippen LogP contribution in [0.1, 0.15) is 0 Å². The Morgan fingerprint density at radius 3 is 2.86 bits per heavy atom. The van der Waals surface area contributed by atoms with Crippen molar-refractivity contribution in [1.82, 2.24) is 0 Å². The minimum absolute atomic E-state index is 0.0492. The molecule has 2 N–H and O–H groups in total. The summed E-state index contributed by atoms with van der Waals surface area (Å²) in [6.07, 6.45) is -1.69. The Morgan fingerprint density at radius 2 is 2.29 bits per heavy atom. The number of methoxy groups -OCH3 is 1. The van der Waals surface area contributed by atoms with Gasteiger partial charge in [0.25, 0.3) is 0 Å². The van der Waals surface area contributed by atoms with Crippen LogP contribution in [0.15, 0.2) is 12.7 Å². The molecule has 82 valence electrons. The smallest absolute Gasteiger partial charge is 0.186 e. The molecule has 0 aliphatic carbocycles. The molecule has 1 rings (SSSR count). The Bertz CT molecular complexity index is 182. The van der Waals surface area contributed by atoms with Crippen molar-refractivity contribution < 1.29 is 24.4 Å². The average molecular weight is 204 g/mol. The molecule has 0 bridgehead atoms. The number of ether oxygens (including phenoxy) is 3. The fraction of sp³-hybridized carbons (Fsp3) is 0.778. The second-order valence-electron chi connectivity index (χ2n) is 3.08. The molecule has 4 atom stereocenters. The standard InChI is InChI=1S/C9H16O5/c1-3-4-13-8-7(11)6(10)5-14-9(8)12-2/h3,6-11H,1,4-5H2,2H3. The van der Waals surface area contributed by atoms with Crippen molar-refractivity contribution in [3.05, 3.63) is 12.7 Å². The molecule has 1 aliphatic heterocycles. The minimum atomic E-state index is -0.992. The van der Waals surface area contributed by atoms with E-state index >= 15 is 0 Å². The van der Waals surface area contributed by atoms with E-state index in [1.54, 1.807) is 6.08 Å². The summed E-state index contributed by atoms with van der Waals surface area (Å²) in [5.74, 6) is 0. The van der Waals surface area contributed by atoms with Gasteiger partial charge in [-0.05, 0) is 0 Å². The molecule has 0 radical (unpaired) electrons. The average Bonchev–Trinajstić information content (AvgIpc) is 2.20. The van der Waals surface area contributed by atoms with E-state index in [0.29, 0.717) is 0 Å². The molecular weight excluding hydrogens is 188 g/mol.